The Labute approximate surface area is 300 Å². The first-order valence-electron chi connectivity index (χ1n) is 17.6. The highest BCUT2D eigenvalue weighted by molar-refractivity contribution is 6.91. The predicted octanol–water partition coefficient (Wildman–Crippen LogP) is 13.5. The van der Waals surface area contributed by atoms with Gasteiger partial charge in [0.05, 0.1) is 32.2 Å². The molecule has 0 aliphatic carbocycles. The Morgan fingerprint density at radius 3 is 1.10 bits per heavy atom. The summed E-state index contributed by atoms with van der Waals surface area (Å²) in [6, 6.07) is 16.8. The zero-order chi connectivity index (χ0) is 35.3. The van der Waals surface area contributed by atoms with Crippen LogP contribution in [0.15, 0.2) is 48.5 Å². The van der Waals surface area contributed by atoms with Crippen LogP contribution >= 0.6 is 23.2 Å². The van der Waals surface area contributed by atoms with E-state index in [9.17, 15) is 0 Å². The lowest BCUT2D eigenvalue weighted by Gasteiger charge is -2.38. The highest BCUT2D eigenvalue weighted by atomic mass is 35.5. The van der Waals surface area contributed by atoms with Gasteiger partial charge in [-0.1, -0.05) is 142 Å². The van der Waals surface area contributed by atoms with E-state index in [4.69, 9.17) is 33.2 Å². The number of nitrogens with zero attached hydrogens (tertiary/aromatic N) is 2. The number of hydrogen-bond donors (Lipinski definition) is 0. The molecule has 0 N–H and O–H groups in total. The van der Waals surface area contributed by atoms with Crippen molar-refractivity contribution in [3.05, 3.63) is 69.7 Å². The SMILES string of the molecule is CC(C)[Si](C#Cc1c2cc3ccccc3cc2c(C#C[Si](C(C)C)(C(C)C)C(C)C)c2nc3cc(Cl)c(Cl)cc3nc12)(C(C)C)C(C)C. The number of fused-ring (bicyclic) bond motifs is 4. The summed E-state index contributed by atoms with van der Waals surface area (Å²) in [6.45, 7) is 28.3. The van der Waals surface area contributed by atoms with Crippen LogP contribution in [0.4, 0.5) is 0 Å². The molecule has 0 spiro atoms. The molecule has 6 heteroatoms. The molecule has 0 saturated carbocycles. The summed E-state index contributed by atoms with van der Waals surface area (Å²) in [7, 11) is -4.14. The molecular weight excluding hydrogens is 660 g/mol. The van der Waals surface area contributed by atoms with Gasteiger partial charge in [0.2, 0.25) is 0 Å². The van der Waals surface area contributed by atoms with E-state index in [1.54, 1.807) is 0 Å². The standard InChI is InChI=1S/C42H50Cl2N2Si2/c1-25(2)47(26(3)4,27(5)6)19-17-33-35-21-31-15-13-14-16-32(31)22-36(35)34(18-20-48(28(7)8,29(9)10)30(11)12)42-41(33)45-39-23-37(43)38(44)24-40(39)46-42/h13-16,21-30H,1-12H3. The van der Waals surface area contributed by atoms with E-state index >= 15 is 0 Å². The number of aromatic nitrogens is 2. The second-order valence-corrected chi connectivity index (χ2v) is 27.4. The van der Waals surface area contributed by atoms with Gasteiger partial charge >= 0.3 is 0 Å². The lowest BCUT2D eigenvalue weighted by Crippen LogP contribution is -2.43. The number of benzene rings is 4. The molecule has 0 aliphatic heterocycles. The fraction of sp³-hybridized carbons (Fsp3) is 0.429. The van der Waals surface area contributed by atoms with Gasteiger partial charge in [0.25, 0.3) is 0 Å². The number of rotatable bonds is 6. The van der Waals surface area contributed by atoms with Crippen molar-refractivity contribution in [2.75, 3.05) is 0 Å². The quantitative estimate of drug-likeness (QED) is 0.0996. The third-order valence-electron chi connectivity index (χ3n) is 11.1. The zero-order valence-corrected chi connectivity index (χ0v) is 34.2. The van der Waals surface area contributed by atoms with Crippen molar-refractivity contribution in [2.45, 2.75) is 116 Å². The van der Waals surface area contributed by atoms with Gasteiger partial charge in [0.1, 0.15) is 27.2 Å². The minimum Gasteiger partial charge on any atom is -0.243 e. The second kappa shape index (κ2) is 13.8. The van der Waals surface area contributed by atoms with Crippen molar-refractivity contribution in [3.63, 3.8) is 0 Å². The summed E-state index contributed by atoms with van der Waals surface area (Å²) in [5.74, 6) is 7.67. The minimum absolute atomic E-state index is 0.463. The van der Waals surface area contributed by atoms with E-state index < -0.39 is 16.1 Å². The van der Waals surface area contributed by atoms with Gasteiger partial charge in [-0.25, -0.2) is 9.97 Å². The van der Waals surface area contributed by atoms with E-state index in [1.807, 2.05) is 12.1 Å². The van der Waals surface area contributed by atoms with Gasteiger partial charge in [0, 0.05) is 10.8 Å². The van der Waals surface area contributed by atoms with E-state index in [2.05, 4.69) is 142 Å². The fourth-order valence-electron chi connectivity index (χ4n) is 8.77. The molecule has 0 unspecified atom stereocenters. The Balaban J connectivity index is 2.06. The van der Waals surface area contributed by atoms with Crippen molar-refractivity contribution in [1.29, 1.82) is 0 Å². The van der Waals surface area contributed by atoms with Gasteiger partial charge < -0.3 is 0 Å². The summed E-state index contributed by atoms with van der Waals surface area (Å²) < 4.78 is 0. The molecular formula is C42H50Cl2N2Si2. The summed E-state index contributed by atoms with van der Waals surface area (Å²) in [6.07, 6.45) is 0. The lowest BCUT2D eigenvalue weighted by atomic mass is 9.94. The third kappa shape index (κ3) is 6.09. The third-order valence-corrected chi connectivity index (χ3v) is 24.4. The van der Waals surface area contributed by atoms with Crippen LogP contribution in [0.1, 0.15) is 94.2 Å². The number of hydrogen-bond acceptors (Lipinski definition) is 2. The molecule has 0 saturated heterocycles. The number of halogens is 2. The van der Waals surface area contributed by atoms with Gasteiger partial charge in [-0.05, 0) is 68.3 Å². The summed E-state index contributed by atoms with van der Waals surface area (Å²) >= 11 is 13.1. The Hall–Kier alpha value is -2.87. The first kappa shape index (κ1) is 36.4. The highest BCUT2D eigenvalue weighted by Gasteiger charge is 2.43. The largest absolute Gasteiger partial charge is 0.243 e. The van der Waals surface area contributed by atoms with Crippen LogP contribution in [0.3, 0.4) is 0 Å². The molecule has 0 radical (unpaired) electrons. The van der Waals surface area contributed by atoms with Crippen molar-refractivity contribution in [2.24, 2.45) is 0 Å². The topological polar surface area (TPSA) is 25.8 Å². The summed E-state index contributed by atoms with van der Waals surface area (Å²) in [5, 5.41) is 5.43. The van der Waals surface area contributed by atoms with Crippen LogP contribution in [0, 0.1) is 22.9 Å². The Bertz CT molecular complexity index is 1960. The van der Waals surface area contributed by atoms with Crippen LogP contribution in [-0.2, 0) is 0 Å². The Morgan fingerprint density at radius 1 is 0.500 bits per heavy atom. The van der Waals surface area contributed by atoms with Crippen LogP contribution in [-0.4, -0.2) is 26.1 Å². The first-order valence-corrected chi connectivity index (χ1v) is 22.8. The normalized spacial score (nSPS) is 12.8. The minimum atomic E-state index is -2.07. The van der Waals surface area contributed by atoms with Crippen LogP contribution < -0.4 is 0 Å². The molecule has 2 nitrogen and oxygen atoms in total. The molecule has 5 rings (SSSR count). The monoisotopic (exact) mass is 708 g/mol. The van der Waals surface area contributed by atoms with Gasteiger partial charge in [0.15, 0.2) is 0 Å². The fourth-order valence-corrected chi connectivity index (χ4v) is 19.5. The molecule has 0 fully saturated rings. The molecule has 0 atom stereocenters. The van der Waals surface area contributed by atoms with Crippen molar-refractivity contribution in [1.82, 2.24) is 9.97 Å². The highest BCUT2D eigenvalue weighted by Crippen LogP contribution is 2.43. The Kier molecular flexibility index (Phi) is 10.5. The average Bonchev–Trinajstić information content (AvgIpc) is 3.00. The molecule has 250 valence electrons. The average molecular weight is 710 g/mol. The smallest absolute Gasteiger partial charge is 0.146 e. The van der Waals surface area contributed by atoms with Crippen molar-refractivity contribution >= 4 is 83.0 Å². The Morgan fingerprint density at radius 2 is 0.812 bits per heavy atom. The molecule has 0 aliphatic rings. The van der Waals surface area contributed by atoms with Crippen LogP contribution in [0.2, 0.25) is 43.3 Å². The molecule has 1 aromatic heterocycles. The molecule has 5 aromatic rings. The zero-order valence-electron chi connectivity index (χ0n) is 30.7. The maximum Gasteiger partial charge on any atom is 0.146 e. The van der Waals surface area contributed by atoms with Gasteiger partial charge in [-0.3, -0.25) is 0 Å². The maximum absolute atomic E-state index is 6.54. The molecule has 0 amide bonds. The van der Waals surface area contributed by atoms with E-state index in [0.29, 0.717) is 54.3 Å². The van der Waals surface area contributed by atoms with Crippen LogP contribution in [0.5, 0.6) is 0 Å². The summed E-state index contributed by atoms with van der Waals surface area (Å²) in [5.41, 5.74) is 15.9. The van der Waals surface area contributed by atoms with E-state index in [1.165, 1.54) is 10.8 Å². The van der Waals surface area contributed by atoms with Crippen molar-refractivity contribution in [3.8, 4) is 22.9 Å². The molecule has 1 heterocycles. The van der Waals surface area contributed by atoms with Gasteiger partial charge in [-0.2, -0.15) is 0 Å². The first-order chi connectivity index (χ1) is 22.6. The van der Waals surface area contributed by atoms with Gasteiger partial charge in [-0.15, -0.1) is 11.1 Å². The predicted molar refractivity (Wildman–Crippen MR) is 218 cm³/mol. The molecule has 0 bridgehead atoms. The molecule has 48 heavy (non-hydrogen) atoms. The maximum atomic E-state index is 6.54. The second-order valence-electron chi connectivity index (χ2n) is 15.5. The van der Waals surface area contributed by atoms with E-state index in [-0.39, 0.29) is 0 Å². The van der Waals surface area contributed by atoms with E-state index in [0.717, 1.165) is 32.9 Å². The van der Waals surface area contributed by atoms with Crippen LogP contribution in [0.25, 0.3) is 43.6 Å². The lowest BCUT2D eigenvalue weighted by molar-refractivity contribution is 0.838. The van der Waals surface area contributed by atoms with Crippen molar-refractivity contribution < 1.29 is 0 Å². The summed E-state index contributed by atoms with van der Waals surface area (Å²) in [4.78, 5) is 10.6. The molecule has 4 aromatic carbocycles.